The molecule has 1 aliphatic carbocycles. The van der Waals surface area contributed by atoms with E-state index in [1.165, 1.54) is 37.1 Å². The number of aryl methyl sites for hydroxylation is 1. The molecule has 2 N–H and O–H groups in total. The van der Waals surface area contributed by atoms with Crippen LogP contribution in [0.2, 0.25) is 0 Å². The van der Waals surface area contributed by atoms with Crippen LogP contribution in [0.1, 0.15) is 54.9 Å². The molecule has 17 heavy (non-hydrogen) atoms. The molecule has 0 amide bonds. The number of aromatic amines is 1. The van der Waals surface area contributed by atoms with Crippen LogP contribution in [0.3, 0.4) is 0 Å². The van der Waals surface area contributed by atoms with E-state index in [-0.39, 0.29) is 6.04 Å². The van der Waals surface area contributed by atoms with E-state index in [4.69, 9.17) is 9.72 Å². The summed E-state index contributed by atoms with van der Waals surface area (Å²) in [5.74, 6) is 1.74. The molecule has 2 aliphatic rings. The van der Waals surface area contributed by atoms with Gasteiger partial charge < -0.3 is 15.0 Å². The summed E-state index contributed by atoms with van der Waals surface area (Å²) in [6.45, 7) is 4.61. The summed E-state index contributed by atoms with van der Waals surface area (Å²) in [6.07, 6.45) is 5.33. The van der Waals surface area contributed by atoms with Gasteiger partial charge in [0.25, 0.3) is 0 Å². The van der Waals surface area contributed by atoms with E-state index in [0.717, 1.165) is 25.6 Å². The van der Waals surface area contributed by atoms with Crippen molar-refractivity contribution in [3.8, 4) is 0 Å². The highest BCUT2D eigenvalue weighted by atomic mass is 16.5. The van der Waals surface area contributed by atoms with Crippen molar-refractivity contribution in [2.24, 2.45) is 0 Å². The van der Waals surface area contributed by atoms with Crippen LogP contribution in [-0.4, -0.2) is 29.7 Å². The molecule has 1 aliphatic heterocycles. The minimum absolute atomic E-state index is 0.248. The minimum Gasteiger partial charge on any atom is -0.378 e. The number of nitrogens with zero attached hydrogens (tertiary/aromatic N) is 1. The van der Waals surface area contributed by atoms with E-state index in [1.54, 1.807) is 0 Å². The van der Waals surface area contributed by atoms with Crippen LogP contribution in [0.15, 0.2) is 0 Å². The summed E-state index contributed by atoms with van der Waals surface area (Å²) >= 11 is 0. The first-order valence-corrected chi connectivity index (χ1v) is 6.72. The first-order chi connectivity index (χ1) is 8.34. The fraction of sp³-hybridized carbons (Fsp3) is 0.769. The molecule has 2 fully saturated rings. The maximum Gasteiger partial charge on any atom is 0.126 e. The molecule has 1 saturated carbocycles. The number of H-pyrrole nitrogens is 1. The van der Waals surface area contributed by atoms with E-state index >= 15 is 0 Å². The molecular weight excluding hydrogens is 214 g/mol. The number of rotatable bonds is 2. The molecule has 94 valence electrons. The summed E-state index contributed by atoms with van der Waals surface area (Å²) in [7, 11) is 0. The number of nitrogens with one attached hydrogen (secondary N) is 2. The maximum atomic E-state index is 5.49. The van der Waals surface area contributed by atoms with Gasteiger partial charge in [-0.2, -0.15) is 0 Å². The summed E-state index contributed by atoms with van der Waals surface area (Å²) in [4.78, 5) is 8.26. The van der Waals surface area contributed by atoms with Gasteiger partial charge in [0.2, 0.25) is 0 Å². The molecule has 3 rings (SSSR count). The predicted octanol–water partition coefficient (Wildman–Crippen LogP) is 2.04. The van der Waals surface area contributed by atoms with Crippen molar-refractivity contribution in [2.75, 3.05) is 19.8 Å². The molecule has 2 heterocycles. The molecule has 1 aromatic heterocycles. The van der Waals surface area contributed by atoms with Crippen LogP contribution in [0, 0.1) is 6.92 Å². The van der Waals surface area contributed by atoms with Crippen LogP contribution < -0.4 is 5.32 Å². The third kappa shape index (κ3) is 2.24. The predicted molar refractivity (Wildman–Crippen MR) is 66.1 cm³/mol. The zero-order chi connectivity index (χ0) is 11.7. The first kappa shape index (κ1) is 11.2. The summed E-state index contributed by atoms with van der Waals surface area (Å²) in [5.41, 5.74) is 2.55. The Hall–Kier alpha value is -0.870. The van der Waals surface area contributed by atoms with E-state index in [0.29, 0.717) is 5.92 Å². The molecule has 0 aromatic carbocycles. The lowest BCUT2D eigenvalue weighted by molar-refractivity contribution is 0.0744. The second kappa shape index (κ2) is 4.78. The van der Waals surface area contributed by atoms with Crippen molar-refractivity contribution in [2.45, 2.75) is 44.6 Å². The Labute approximate surface area is 102 Å². The fourth-order valence-corrected chi connectivity index (χ4v) is 3.00. The van der Waals surface area contributed by atoms with Gasteiger partial charge in [-0.1, -0.05) is 12.8 Å². The lowest BCUT2D eigenvalue weighted by Gasteiger charge is -2.21. The number of morpholine rings is 1. The maximum absolute atomic E-state index is 5.49. The molecular formula is C13H21N3O. The SMILES string of the molecule is Cc1[nH]c(C2COCCN2)nc1C1CCCC1. The lowest BCUT2D eigenvalue weighted by Crippen LogP contribution is -2.35. The van der Waals surface area contributed by atoms with Gasteiger partial charge in [0.1, 0.15) is 5.82 Å². The number of hydrogen-bond acceptors (Lipinski definition) is 3. The van der Waals surface area contributed by atoms with Crippen LogP contribution in [0.4, 0.5) is 0 Å². The van der Waals surface area contributed by atoms with Crippen molar-refractivity contribution in [1.82, 2.24) is 15.3 Å². The average molecular weight is 235 g/mol. The lowest BCUT2D eigenvalue weighted by atomic mass is 10.0. The quantitative estimate of drug-likeness (QED) is 0.824. The van der Waals surface area contributed by atoms with Crippen molar-refractivity contribution in [3.63, 3.8) is 0 Å². The van der Waals surface area contributed by atoms with Crippen molar-refractivity contribution < 1.29 is 4.74 Å². The van der Waals surface area contributed by atoms with Gasteiger partial charge in [-0.25, -0.2) is 4.98 Å². The van der Waals surface area contributed by atoms with Crippen molar-refractivity contribution >= 4 is 0 Å². The topological polar surface area (TPSA) is 49.9 Å². The van der Waals surface area contributed by atoms with Gasteiger partial charge in [-0.05, 0) is 19.8 Å². The smallest absolute Gasteiger partial charge is 0.126 e. The summed E-state index contributed by atoms with van der Waals surface area (Å²) in [5, 5.41) is 3.45. The molecule has 0 radical (unpaired) electrons. The first-order valence-electron chi connectivity index (χ1n) is 6.72. The van der Waals surface area contributed by atoms with Crippen LogP contribution in [0.5, 0.6) is 0 Å². The summed E-state index contributed by atoms with van der Waals surface area (Å²) < 4.78 is 5.49. The van der Waals surface area contributed by atoms with E-state index in [9.17, 15) is 0 Å². The van der Waals surface area contributed by atoms with E-state index in [2.05, 4.69) is 17.2 Å². The molecule has 0 spiro atoms. The van der Waals surface area contributed by atoms with Gasteiger partial charge in [0.15, 0.2) is 0 Å². The van der Waals surface area contributed by atoms with Gasteiger partial charge in [-0.15, -0.1) is 0 Å². The second-order valence-corrected chi connectivity index (χ2v) is 5.20. The molecule has 4 nitrogen and oxygen atoms in total. The Morgan fingerprint density at radius 3 is 2.82 bits per heavy atom. The monoisotopic (exact) mass is 235 g/mol. The van der Waals surface area contributed by atoms with Crippen LogP contribution in [0.25, 0.3) is 0 Å². The normalized spacial score (nSPS) is 26.5. The Morgan fingerprint density at radius 1 is 1.29 bits per heavy atom. The average Bonchev–Trinajstić information content (AvgIpc) is 2.99. The Morgan fingerprint density at radius 2 is 2.12 bits per heavy atom. The van der Waals surface area contributed by atoms with Gasteiger partial charge in [0, 0.05) is 18.2 Å². The third-order valence-corrected chi connectivity index (χ3v) is 3.93. The molecule has 0 bridgehead atoms. The van der Waals surface area contributed by atoms with Crippen LogP contribution >= 0.6 is 0 Å². The number of ether oxygens (including phenoxy) is 1. The van der Waals surface area contributed by atoms with Gasteiger partial charge in [-0.3, -0.25) is 0 Å². The molecule has 1 saturated heterocycles. The highest BCUT2D eigenvalue weighted by molar-refractivity contribution is 5.20. The standard InChI is InChI=1S/C13H21N3O/c1-9-12(10-4-2-3-5-10)16-13(15-9)11-8-17-7-6-14-11/h10-11,14H,2-8H2,1H3,(H,15,16). The van der Waals surface area contributed by atoms with Crippen molar-refractivity contribution in [3.05, 3.63) is 17.2 Å². The number of aromatic nitrogens is 2. The third-order valence-electron chi connectivity index (χ3n) is 3.93. The summed E-state index contributed by atoms with van der Waals surface area (Å²) in [6, 6.07) is 0.248. The van der Waals surface area contributed by atoms with Crippen LogP contribution in [-0.2, 0) is 4.74 Å². The molecule has 4 heteroatoms. The fourth-order valence-electron chi connectivity index (χ4n) is 3.00. The van der Waals surface area contributed by atoms with E-state index in [1.807, 2.05) is 0 Å². The molecule has 1 atom stereocenters. The van der Waals surface area contributed by atoms with Gasteiger partial charge in [0.05, 0.1) is 24.9 Å². The Kier molecular flexibility index (Phi) is 3.16. The molecule has 1 unspecified atom stereocenters. The Balaban J connectivity index is 1.79. The van der Waals surface area contributed by atoms with E-state index < -0.39 is 0 Å². The zero-order valence-corrected chi connectivity index (χ0v) is 10.5. The largest absolute Gasteiger partial charge is 0.378 e. The van der Waals surface area contributed by atoms with Crippen molar-refractivity contribution in [1.29, 1.82) is 0 Å². The highest BCUT2D eigenvalue weighted by Crippen LogP contribution is 2.35. The number of imidazole rings is 1. The molecule has 1 aromatic rings. The zero-order valence-electron chi connectivity index (χ0n) is 10.5. The van der Waals surface area contributed by atoms with Gasteiger partial charge >= 0.3 is 0 Å². The minimum atomic E-state index is 0.248. The highest BCUT2D eigenvalue weighted by Gasteiger charge is 2.25. The number of hydrogen-bond donors (Lipinski definition) is 2. The second-order valence-electron chi connectivity index (χ2n) is 5.20. The Bertz CT molecular complexity index is 376.